The van der Waals surface area contributed by atoms with Crippen molar-refractivity contribution >= 4 is 41.5 Å². The molecule has 0 aromatic heterocycles. The van der Waals surface area contributed by atoms with Gasteiger partial charge in [-0.2, -0.15) is 0 Å². The van der Waals surface area contributed by atoms with Gasteiger partial charge in [-0.15, -0.1) is 24.0 Å². The molecule has 0 fully saturated rings. The van der Waals surface area contributed by atoms with Gasteiger partial charge in [0, 0.05) is 44.4 Å². The molecule has 144 valence electrons. The third-order valence-electron chi connectivity index (χ3n) is 3.19. The number of ether oxygens (including phenoxy) is 3. The van der Waals surface area contributed by atoms with Crippen molar-refractivity contribution in [2.24, 2.45) is 4.99 Å². The van der Waals surface area contributed by atoms with Gasteiger partial charge in [-0.3, -0.25) is 4.99 Å². The summed E-state index contributed by atoms with van der Waals surface area (Å²) in [5.41, 5.74) is 1.03. The minimum Gasteiger partial charge on any atom is -0.493 e. The first kappa shape index (κ1) is 24.2. The summed E-state index contributed by atoms with van der Waals surface area (Å²) >= 11 is 6.02. The van der Waals surface area contributed by atoms with Gasteiger partial charge in [0.15, 0.2) is 5.96 Å². The lowest BCUT2D eigenvalue weighted by atomic mass is 10.2. The van der Waals surface area contributed by atoms with Crippen molar-refractivity contribution in [1.82, 2.24) is 10.6 Å². The van der Waals surface area contributed by atoms with Crippen molar-refractivity contribution < 1.29 is 14.2 Å². The maximum Gasteiger partial charge on any atom is 0.191 e. The smallest absolute Gasteiger partial charge is 0.191 e. The van der Waals surface area contributed by atoms with Gasteiger partial charge in [0.05, 0.1) is 19.8 Å². The lowest BCUT2D eigenvalue weighted by Crippen LogP contribution is -2.37. The molecular weight excluding hydrogens is 457 g/mol. The molecule has 1 aromatic carbocycles. The van der Waals surface area contributed by atoms with Crippen LogP contribution in [0.1, 0.15) is 18.9 Å². The van der Waals surface area contributed by atoms with E-state index in [1.54, 1.807) is 14.2 Å². The fourth-order valence-electron chi connectivity index (χ4n) is 1.99. The van der Waals surface area contributed by atoms with Gasteiger partial charge in [0.25, 0.3) is 0 Å². The molecule has 2 N–H and O–H groups in total. The van der Waals surface area contributed by atoms with E-state index in [0.29, 0.717) is 38.0 Å². The molecule has 0 radical (unpaired) electrons. The van der Waals surface area contributed by atoms with E-state index in [1.165, 1.54) is 0 Å². The normalized spacial score (nSPS) is 11.0. The van der Waals surface area contributed by atoms with Gasteiger partial charge in [-0.25, -0.2) is 0 Å². The number of methoxy groups -OCH3 is 1. The monoisotopic (exact) mass is 485 g/mol. The Labute approximate surface area is 172 Å². The van der Waals surface area contributed by atoms with E-state index in [1.807, 2.05) is 25.1 Å². The quantitative estimate of drug-likeness (QED) is 0.218. The van der Waals surface area contributed by atoms with Gasteiger partial charge in [0.2, 0.25) is 0 Å². The molecule has 8 heteroatoms. The van der Waals surface area contributed by atoms with E-state index >= 15 is 0 Å². The predicted molar refractivity (Wildman–Crippen MR) is 114 cm³/mol. The van der Waals surface area contributed by atoms with Gasteiger partial charge in [-0.05, 0) is 25.5 Å². The number of hydrogen-bond acceptors (Lipinski definition) is 4. The largest absolute Gasteiger partial charge is 0.493 e. The van der Waals surface area contributed by atoms with Crippen LogP contribution in [-0.2, 0) is 16.0 Å². The Morgan fingerprint density at radius 3 is 2.68 bits per heavy atom. The lowest BCUT2D eigenvalue weighted by Gasteiger charge is -2.14. The molecule has 0 aliphatic rings. The van der Waals surface area contributed by atoms with E-state index in [4.69, 9.17) is 25.8 Å². The van der Waals surface area contributed by atoms with Crippen molar-refractivity contribution in [3.05, 3.63) is 28.8 Å². The van der Waals surface area contributed by atoms with Crippen LogP contribution in [0.2, 0.25) is 5.02 Å². The van der Waals surface area contributed by atoms with E-state index in [9.17, 15) is 0 Å². The second kappa shape index (κ2) is 15.5. The minimum absolute atomic E-state index is 0. The first-order valence-electron chi connectivity index (χ1n) is 8.13. The zero-order valence-electron chi connectivity index (χ0n) is 15.1. The summed E-state index contributed by atoms with van der Waals surface area (Å²) < 4.78 is 16.0. The molecule has 0 aliphatic carbocycles. The Morgan fingerprint density at radius 1 is 1.20 bits per heavy atom. The molecule has 0 bridgehead atoms. The van der Waals surface area contributed by atoms with Crippen LogP contribution in [0.4, 0.5) is 0 Å². The Kier molecular flexibility index (Phi) is 15.0. The van der Waals surface area contributed by atoms with E-state index in [2.05, 4.69) is 15.6 Å². The van der Waals surface area contributed by atoms with Crippen molar-refractivity contribution in [2.75, 3.05) is 47.1 Å². The summed E-state index contributed by atoms with van der Waals surface area (Å²) in [4.78, 5) is 4.21. The number of aliphatic imine (C=N–C) groups is 1. The number of benzene rings is 1. The molecule has 0 spiro atoms. The molecule has 6 nitrogen and oxygen atoms in total. The maximum absolute atomic E-state index is 6.02. The van der Waals surface area contributed by atoms with Crippen molar-refractivity contribution in [3.63, 3.8) is 0 Å². The highest BCUT2D eigenvalue weighted by Gasteiger charge is 2.06. The highest BCUT2D eigenvalue weighted by Crippen LogP contribution is 2.23. The minimum atomic E-state index is 0. The first-order valence-corrected chi connectivity index (χ1v) is 8.51. The van der Waals surface area contributed by atoms with Crippen LogP contribution in [-0.4, -0.2) is 53.1 Å². The van der Waals surface area contributed by atoms with Gasteiger partial charge >= 0.3 is 0 Å². The zero-order chi connectivity index (χ0) is 17.6. The standard InChI is InChI=1S/C17H28ClN3O3.HI/c1-4-24-16-12-15(18)7-6-14(16)13-21-17(19-2)20-8-5-9-23-11-10-22-3;/h6-7,12H,4-5,8-11,13H2,1-3H3,(H2,19,20,21);1H. The van der Waals surface area contributed by atoms with Crippen LogP contribution in [0.15, 0.2) is 23.2 Å². The molecule has 0 unspecified atom stereocenters. The highest BCUT2D eigenvalue weighted by molar-refractivity contribution is 14.0. The molecule has 0 saturated heterocycles. The van der Waals surface area contributed by atoms with Crippen molar-refractivity contribution in [3.8, 4) is 5.75 Å². The number of hydrogen-bond donors (Lipinski definition) is 2. The lowest BCUT2D eigenvalue weighted by molar-refractivity contribution is 0.0698. The summed E-state index contributed by atoms with van der Waals surface area (Å²) in [6, 6.07) is 5.64. The number of rotatable bonds is 11. The molecule has 1 rings (SSSR count). The second-order valence-electron chi connectivity index (χ2n) is 5.00. The Bertz CT molecular complexity index is 504. The fourth-order valence-corrected chi connectivity index (χ4v) is 2.15. The third-order valence-corrected chi connectivity index (χ3v) is 3.42. The SMILES string of the molecule is CCOc1cc(Cl)ccc1CNC(=NC)NCCCOCCOC.I. The molecule has 0 heterocycles. The number of nitrogens with one attached hydrogen (secondary N) is 2. The van der Waals surface area contributed by atoms with Crippen LogP contribution in [0.3, 0.4) is 0 Å². The van der Waals surface area contributed by atoms with Crippen LogP contribution in [0.25, 0.3) is 0 Å². The average Bonchev–Trinajstić information content (AvgIpc) is 2.58. The topological polar surface area (TPSA) is 64.1 Å². The molecule has 0 atom stereocenters. The number of halogens is 2. The molecule has 1 aromatic rings. The van der Waals surface area contributed by atoms with Gasteiger partial charge in [-0.1, -0.05) is 17.7 Å². The van der Waals surface area contributed by atoms with E-state index in [0.717, 1.165) is 30.2 Å². The highest BCUT2D eigenvalue weighted by atomic mass is 127. The molecule has 0 aliphatic heterocycles. The Hall–Kier alpha value is -0.770. The number of nitrogens with zero attached hydrogens (tertiary/aromatic N) is 1. The summed E-state index contributed by atoms with van der Waals surface area (Å²) in [6.45, 7) is 5.89. The maximum atomic E-state index is 6.02. The molecular formula is C17H29ClIN3O3. The second-order valence-corrected chi connectivity index (χ2v) is 5.43. The van der Waals surface area contributed by atoms with Crippen molar-refractivity contribution in [1.29, 1.82) is 0 Å². The number of guanidine groups is 1. The van der Waals surface area contributed by atoms with Crippen molar-refractivity contribution in [2.45, 2.75) is 19.9 Å². The van der Waals surface area contributed by atoms with Gasteiger partial charge < -0.3 is 24.8 Å². The van der Waals surface area contributed by atoms with E-state index < -0.39 is 0 Å². The van der Waals surface area contributed by atoms with Crippen LogP contribution < -0.4 is 15.4 Å². The van der Waals surface area contributed by atoms with E-state index in [-0.39, 0.29) is 24.0 Å². The summed E-state index contributed by atoms with van der Waals surface area (Å²) in [7, 11) is 3.41. The van der Waals surface area contributed by atoms with Crippen LogP contribution in [0.5, 0.6) is 5.75 Å². The summed E-state index contributed by atoms with van der Waals surface area (Å²) in [5.74, 6) is 1.53. The summed E-state index contributed by atoms with van der Waals surface area (Å²) in [6.07, 6.45) is 0.898. The predicted octanol–water partition coefficient (Wildman–Crippen LogP) is 3.07. The Morgan fingerprint density at radius 2 is 2.00 bits per heavy atom. The molecule has 25 heavy (non-hydrogen) atoms. The van der Waals surface area contributed by atoms with Crippen LogP contribution in [0, 0.1) is 0 Å². The third kappa shape index (κ3) is 10.7. The summed E-state index contributed by atoms with van der Waals surface area (Å²) in [5, 5.41) is 7.19. The van der Waals surface area contributed by atoms with Crippen LogP contribution >= 0.6 is 35.6 Å². The average molecular weight is 486 g/mol. The first-order chi connectivity index (χ1) is 11.7. The molecule has 0 amide bonds. The zero-order valence-corrected chi connectivity index (χ0v) is 18.2. The Balaban J connectivity index is 0.00000576. The van der Waals surface area contributed by atoms with Gasteiger partial charge in [0.1, 0.15) is 5.75 Å². The fraction of sp³-hybridized carbons (Fsp3) is 0.588. The molecule has 0 saturated carbocycles.